The molecule has 0 aromatic heterocycles. The quantitative estimate of drug-likeness (QED) is 0.786. The summed E-state index contributed by atoms with van der Waals surface area (Å²) in [6, 6.07) is 5.84. The summed E-state index contributed by atoms with van der Waals surface area (Å²) < 4.78 is 0. The molecule has 0 aliphatic carbocycles. The van der Waals surface area contributed by atoms with Crippen molar-refractivity contribution in [3.8, 4) is 0 Å². The fraction of sp³-hybridized carbons (Fsp3) is 0.500. The van der Waals surface area contributed by atoms with Crippen LogP contribution in [0.4, 0.5) is 11.4 Å². The molecule has 1 aliphatic rings. The second-order valence-electron chi connectivity index (χ2n) is 5.03. The van der Waals surface area contributed by atoms with Gasteiger partial charge in [-0.2, -0.15) is 0 Å². The minimum absolute atomic E-state index is 0.433. The number of primary amides is 1. The molecule has 18 heavy (non-hydrogen) atoms. The van der Waals surface area contributed by atoms with E-state index in [0.717, 1.165) is 12.2 Å². The molecule has 1 saturated heterocycles. The highest BCUT2D eigenvalue weighted by molar-refractivity contribution is 5.94. The molecule has 1 aromatic rings. The second kappa shape index (κ2) is 5.29. The largest absolute Gasteiger partial charge is 0.397 e. The Hall–Kier alpha value is -1.71. The number of amides is 1. The van der Waals surface area contributed by atoms with Crippen molar-refractivity contribution in [3.63, 3.8) is 0 Å². The number of nitrogens with zero attached hydrogens (tertiary/aromatic N) is 1. The van der Waals surface area contributed by atoms with Gasteiger partial charge in [0.15, 0.2) is 0 Å². The maximum atomic E-state index is 11.1. The van der Waals surface area contributed by atoms with Crippen molar-refractivity contribution in [3.05, 3.63) is 23.8 Å². The third kappa shape index (κ3) is 2.58. The summed E-state index contributed by atoms with van der Waals surface area (Å²) in [6.07, 6.45) is 4.94. The van der Waals surface area contributed by atoms with Gasteiger partial charge in [0.25, 0.3) is 0 Å². The van der Waals surface area contributed by atoms with Gasteiger partial charge in [-0.3, -0.25) is 4.79 Å². The van der Waals surface area contributed by atoms with E-state index in [9.17, 15) is 4.79 Å². The van der Waals surface area contributed by atoms with E-state index in [2.05, 4.69) is 11.8 Å². The van der Waals surface area contributed by atoms with E-state index in [0.29, 0.717) is 17.3 Å². The molecule has 4 N–H and O–H groups in total. The molecule has 1 aliphatic heterocycles. The zero-order valence-electron chi connectivity index (χ0n) is 10.9. The fourth-order valence-corrected chi connectivity index (χ4v) is 2.60. The Kier molecular flexibility index (Phi) is 3.75. The van der Waals surface area contributed by atoms with Crippen molar-refractivity contribution >= 4 is 17.3 Å². The first kappa shape index (κ1) is 12.7. The van der Waals surface area contributed by atoms with E-state index in [1.807, 2.05) is 6.07 Å². The van der Waals surface area contributed by atoms with E-state index in [-0.39, 0.29) is 0 Å². The molecular weight excluding hydrogens is 226 g/mol. The Labute approximate surface area is 108 Å². The molecule has 1 fully saturated rings. The van der Waals surface area contributed by atoms with Gasteiger partial charge in [0.05, 0.1) is 11.4 Å². The Balaban J connectivity index is 2.29. The van der Waals surface area contributed by atoms with E-state index in [1.54, 1.807) is 12.1 Å². The minimum Gasteiger partial charge on any atom is -0.397 e. The van der Waals surface area contributed by atoms with Gasteiger partial charge >= 0.3 is 0 Å². The molecule has 4 heteroatoms. The van der Waals surface area contributed by atoms with Crippen LogP contribution in [0.3, 0.4) is 0 Å². The number of nitrogens with two attached hydrogens (primary N) is 2. The minimum atomic E-state index is -0.433. The molecule has 1 amide bonds. The summed E-state index contributed by atoms with van der Waals surface area (Å²) in [5.41, 5.74) is 13.4. The number of carbonyl (C=O) groups excluding carboxylic acids is 1. The molecule has 1 heterocycles. The zero-order valence-corrected chi connectivity index (χ0v) is 10.9. The van der Waals surface area contributed by atoms with Crippen LogP contribution in [0.1, 0.15) is 43.0 Å². The summed E-state index contributed by atoms with van der Waals surface area (Å²) in [5.74, 6) is -0.433. The third-order valence-corrected chi connectivity index (χ3v) is 3.67. The number of nitrogen functional groups attached to an aromatic ring is 1. The topological polar surface area (TPSA) is 72.3 Å². The molecule has 1 atom stereocenters. The lowest BCUT2D eigenvalue weighted by Crippen LogP contribution is -2.33. The lowest BCUT2D eigenvalue weighted by atomic mass is 10.1. The fourth-order valence-electron chi connectivity index (χ4n) is 2.60. The lowest BCUT2D eigenvalue weighted by Gasteiger charge is -2.30. The first-order chi connectivity index (χ1) is 8.59. The van der Waals surface area contributed by atoms with Crippen molar-refractivity contribution in [1.82, 2.24) is 0 Å². The molecule has 0 spiro atoms. The van der Waals surface area contributed by atoms with Crippen LogP contribution >= 0.6 is 0 Å². The molecule has 1 aromatic carbocycles. The average Bonchev–Trinajstić information content (AvgIpc) is 2.54. The van der Waals surface area contributed by atoms with Gasteiger partial charge in [0, 0.05) is 18.2 Å². The van der Waals surface area contributed by atoms with Crippen molar-refractivity contribution in [2.24, 2.45) is 5.73 Å². The SMILES string of the molecule is CC1CCCCCN1c1ccc(C(N)=O)cc1N. The molecule has 1 unspecified atom stereocenters. The van der Waals surface area contributed by atoms with Gasteiger partial charge in [-0.15, -0.1) is 0 Å². The van der Waals surface area contributed by atoms with Crippen LogP contribution in [0.5, 0.6) is 0 Å². The highest BCUT2D eigenvalue weighted by Gasteiger charge is 2.19. The number of rotatable bonds is 2. The summed E-state index contributed by atoms with van der Waals surface area (Å²) in [4.78, 5) is 13.5. The summed E-state index contributed by atoms with van der Waals surface area (Å²) in [7, 11) is 0. The number of anilines is 2. The standard InChI is InChI=1S/C14H21N3O/c1-10-5-3-2-4-8-17(10)13-7-6-11(14(16)18)9-12(13)15/h6-7,9-10H,2-5,8,15H2,1H3,(H2,16,18). The number of hydrogen-bond acceptors (Lipinski definition) is 3. The average molecular weight is 247 g/mol. The van der Waals surface area contributed by atoms with E-state index < -0.39 is 5.91 Å². The molecule has 4 nitrogen and oxygen atoms in total. The monoisotopic (exact) mass is 247 g/mol. The van der Waals surface area contributed by atoms with E-state index in [1.165, 1.54) is 25.7 Å². The van der Waals surface area contributed by atoms with E-state index in [4.69, 9.17) is 11.5 Å². The molecule has 0 bridgehead atoms. The highest BCUT2D eigenvalue weighted by atomic mass is 16.1. The van der Waals surface area contributed by atoms with Crippen LogP contribution in [0.15, 0.2) is 18.2 Å². The Morgan fingerprint density at radius 2 is 2.11 bits per heavy atom. The number of benzene rings is 1. The first-order valence-corrected chi connectivity index (χ1v) is 6.55. The Morgan fingerprint density at radius 1 is 1.33 bits per heavy atom. The normalized spacial score (nSPS) is 20.5. The zero-order chi connectivity index (χ0) is 13.1. The molecular formula is C14H21N3O. The van der Waals surface area contributed by atoms with Gasteiger partial charge in [0.1, 0.15) is 0 Å². The Morgan fingerprint density at radius 3 is 2.78 bits per heavy atom. The smallest absolute Gasteiger partial charge is 0.248 e. The number of hydrogen-bond donors (Lipinski definition) is 2. The van der Waals surface area contributed by atoms with Gasteiger partial charge in [-0.05, 0) is 38.0 Å². The highest BCUT2D eigenvalue weighted by Crippen LogP contribution is 2.29. The van der Waals surface area contributed by atoms with Gasteiger partial charge < -0.3 is 16.4 Å². The van der Waals surface area contributed by atoms with Crippen LogP contribution in [0.2, 0.25) is 0 Å². The van der Waals surface area contributed by atoms with Gasteiger partial charge in [-0.25, -0.2) is 0 Å². The molecule has 0 radical (unpaired) electrons. The van der Waals surface area contributed by atoms with Crippen LogP contribution < -0.4 is 16.4 Å². The van der Waals surface area contributed by atoms with Crippen molar-refractivity contribution in [2.45, 2.75) is 38.6 Å². The van der Waals surface area contributed by atoms with Crippen LogP contribution in [0, 0.1) is 0 Å². The third-order valence-electron chi connectivity index (χ3n) is 3.67. The van der Waals surface area contributed by atoms with Gasteiger partial charge in [0.2, 0.25) is 5.91 Å². The molecule has 0 saturated carbocycles. The van der Waals surface area contributed by atoms with Crippen LogP contribution in [-0.4, -0.2) is 18.5 Å². The van der Waals surface area contributed by atoms with Crippen LogP contribution in [0.25, 0.3) is 0 Å². The van der Waals surface area contributed by atoms with Crippen LogP contribution in [-0.2, 0) is 0 Å². The molecule has 2 rings (SSSR count). The van der Waals surface area contributed by atoms with Crippen molar-refractivity contribution in [2.75, 3.05) is 17.2 Å². The molecule has 98 valence electrons. The Bertz CT molecular complexity index is 445. The first-order valence-electron chi connectivity index (χ1n) is 6.55. The predicted molar refractivity (Wildman–Crippen MR) is 74.6 cm³/mol. The summed E-state index contributed by atoms with van der Waals surface area (Å²) >= 11 is 0. The van der Waals surface area contributed by atoms with Crippen molar-refractivity contribution in [1.29, 1.82) is 0 Å². The maximum absolute atomic E-state index is 11.1. The number of carbonyl (C=O) groups is 1. The van der Waals surface area contributed by atoms with E-state index >= 15 is 0 Å². The maximum Gasteiger partial charge on any atom is 0.248 e. The lowest BCUT2D eigenvalue weighted by molar-refractivity contribution is 0.100. The van der Waals surface area contributed by atoms with Gasteiger partial charge in [-0.1, -0.05) is 12.8 Å². The van der Waals surface area contributed by atoms with Crippen molar-refractivity contribution < 1.29 is 4.79 Å². The predicted octanol–water partition coefficient (Wildman–Crippen LogP) is 2.14. The summed E-state index contributed by atoms with van der Waals surface area (Å²) in [6.45, 7) is 3.26. The summed E-state index contributed by atoms with van der Waals surface area (Å²) in [5, 5.41) is 0. The second-order valence-corrected chi connectivity index (χ2v) is 5.03.